The number of hydrogen-bond donors (Lipinski definition) is 3. The number of nitrogens with one attached hydrogen (secondary N) is 2. The zero-order valence-electron chi connectivity index (χ0n) is 12.3. The summed E-state index contributed by atoms with van der Waals surface area (Å²) < 4.78 is 17.7. The summed E-state index contributed by atoms with van der Waals surface area (Å²) in [5.74, 6) is 0.296. The number of rotatable bonds is 7. The quantitative estimate of drug-likeness (QED) is 0.277. The van der Waals surface area contributed by atoms with Crippen molar-refractivity contribution in [2.45, 2.75) is 13.0 Å². The number of ether oxygens (including phenoxy) is 1. The van der Waals surface area contributed by atoms with Gasteiger partial charge in [0.2, 0.25) is 0 Å². The molecule has 0 aliphatic rings. The van der Waals surface area contributed by atoms with Crippen LogP contribution in [0.2, 0.25) is 0 Å². The molecule has 0 radical (unpaired) electrons. The van der Waals surface area contributed by atoms with Gasteiger partial charge in [0.25, 0.3) is 0 Å². The third-order valence-electron chi connectivity index (χ3n) is 2.62. The Morgan fingerprint density at radius 3 is 2.57 bits per heavy atom. The van der Waals surface area contributed by atoms with Gasteiger partial charge in [0.1, 0.15) is 5.82 Å². The molecule has 0 amide bonds. The van der Waals surface area contributed by atoms with Gasteiger partial charge in [-0.05, 0) is 24.6 Å². The van der Waals surface area contributed by atoms with Gasteiger partial charge in [-0.3, -0.25) is 4.99 Å². The molecule has 1 aromatic rings. The molecule has 5 nitrogen and oxygen atoms in total. The fourth-order valence-corrected chi connectivity index (χ4v) is 1.58. The first-order chi connectivity index (χ1) is 9.67. The minimum atomic E-state index is -0.756. The maximum Gasteiger partial charge on any atom is 0.191 e. The van der Waals surface area contributed by atoms with E-state index in [1.807, 2.05) is 6.92 Å². The summed E-state index contributed by atoms with van der Waals surface area (Å²) in [6.07, 6.45) is -0.756. The van der Waals surface area contributed by atoms with Gasteiger partial charge < -0.3 is 20.5 Å². The summed E-state index contributed by atoms with van der Waals surface area (Å²) in [5.41, 5.74) is 0.642. The van der Waals surface area contributed by atoms with Crippen LogP contribution in [-0.2, 0) is 4.74 Å². The third kappa shape index (κ3) is 8.18. The second-order valence-corrected chi connectivity index (χ2v) is 4.21. The lowest BCUT2D eigenvalue weighted by Gasteiger charge is -2.13. The van der Waals surface area contributed by atoms with Crippen molar-refractivity contribution >= 4 is 29.9 Å². The van der Waals surface area contributed by atoms with E-state index in [4.69, 9.17) is 4.74 Å². The Morgan fingerprint density at radius 1 is 1.33 bits per heavy atom. The van der Waals surface area contributed by atoms with E-state index < -0.39 is 6.10 Å². The van der Waals surface area contributed by atoms with Gasteiger partial charge in [0, 0.05) is 20.2 Å². The highest BCUT2D eigenvalue weighted by Crippen LogP contribution is 2.13. The lowest BCUT2D eigenvalue weighted by atomic mass is 10.1. The summed E-state index contributed by atoms with van der Waals surface area (Å²) in [6, 6.07) is 5.76. The summed E-state index contributed by atoms with van der Waals surface area (Å²) in [4.78, 5) is 4.28. The van der Waals surface area contributed by atoms with Crippen molar-refractivity contribution in [1.29, 1.82) is 0 Å². The molecule has 120 valence electrons. The Balaban J connectivity index is 0.00000400. The van der Waals surface area contributed by atoms with Crippen molar-refractivity contribution in [3.63, 3.8) is 0 Å². The van der Waals surface area contributed by atoms with Crippen molar-refractivity contribution in [2.75, 3.05) is 33.4 Å². The average Bonchev–Trinajstić information content (AvgIpc) is 2.45. The van der Waals surface area contributed by atoms with Crippen molar-refractivity contribution in [1.82, 2.24) is 10.6 Å². The predicted molar refractivity (Wildman–Crippen MR) is 92.6 cm³/mol. The molecule has 0 spiro atoms. The van der Waals surface area contributed by atoms with E-state index in [-0.39, 0.29) is 36.3 Å². The second-order valence-electron chi connectivity index (χ2n) is 4.21. The van der Waals surface area contributed by atoms with Crippen molar-refractivity contribution < 1.29 is 14.2 Å². The summed E-state index contributed by atoms with van der Waals surface area (Å²) >= 11 is 0. The minimum Gasteiger partial charge on any atom is -0.386 e. The number of guanidine groups is 1. The first-order valence-corrected chi connectivity index (χ1v) is 6.62. The standard InChI is InChI=1S/C14H22FN3O2.HI/c1-3-16-14(17-8-9-20-2)18-10-13(19)11-4-6-12(15)7-5-11;/h4-7,13,19H,3,8-10H2,1-2H3,(H2,16,17,18);1H. The zero-order valence-corrected chi connectivity index (χ0v) is 14.6. The first-order valence-electron chi connectivity index (χ1n) is 6.62. The van der Waals surface area contributed by atoms with E-state index in [9.17, 15) is 9.50 Å². The number of halogens is 2. The summed E-state index contributed by atoms with van der Waals surface area (Å²) in [6.45, 7) is 4.10. The van der Waals surface area contributed by atoms with E-state index in [2.05, 4.69) is 15.6 Å². The summed E-state index contributed by atoms with van der Waals surface area (Å²) in [5, 5.41) is 16.1. The van der Waals surface area contributed by atoms with Crippen molar-refractivity contribution in [2.24, 2.45) is 4.99 Å². The Kier molecular flexibility index (Phi) is 11.2. The van der Waals surface area contributed by atoms with Crippen LogP contribution in [0, 0.1) is 5.82 Å². The predicted octanol–water partition coefficient (Wildman–Crippen LogP) is 1.68. The maximum absolute atomic E-state index is 12.8. The van der Waals surface area contributed by atoms with Gasteiger partial charge in [-0.1, -0.05) is 12.1 Å². The van der Waals surface area contributed by atoms with Crippen molar-refractivity contribution in [3.05, 3.63) is 35.6 Å². The topological polar surface area (TPSA) is 65.9 Å². The zero-order chi connectivity index (χ0) is 14.8. The minimum absolute atomic E-state index is 0. The van der Waals surface area contributed by atoms with Crippen LogP contribution in [0.4, 0.5) is 4.39 Å². The van der Waals surface area contributed by atoms with Crippen LogP contribution in [0.25, 0.3) is 0 Å². The number of nitrogens with zero attached hydrogens (tertiary/aromatic N) is 1. The van der Waals surface area contributed by atoms with E-state index in [1.54, 1.807) is 19.2 Å². The van der Waals surface area contributed by atoms with E-state index in [0.29, 0.717) is 24.7 Å². The number of benzene rings is 1. The number of aliphatic hydroxyl groups excluding tert-OH is 1. The molecule has 0 heterocycles. The molecule has 3 N–H and O–H groups in total. The molecular weight excluding hydrogens is 388 g/mol. The van der Waals surface area contributed by atoms with Gasteiger partial charge >= 0.3 is 0 Å². The van der Waals surface area contributed by atoms with Crippen LogP contribution < -0.4 is 10.6 Å². The molecule has 0 saturated heterocycles. The van der Waals surface area contributed by atoms with Crippen LogP contribution >= 0.6 is 24.0 Å². The Bertz CT molecular complexity index is 415. The molecule has 7 heteroatoms. The molecule has 1 rings (SSSR count). The molecule has 0 bridgehead atoms. The highest BCUT2D eigenvalue weighted by molar-refractivity contribution is 14.0. The molecule has 0 aromatic heterocycles. The van der Waals surface area contributed by atoms with E-state index in [1.165, 1.54) is 12.1 Å². The van der Waals surface area contributed by atoms with Crippen LogP contribution in [0.15, 0.2) is 29.3 Å². The molecule has 0 aliphatic carbocycles. The molecular formula is C14H23FIN3O2. The number of methoxy groups -OCH3 is 1. The molecule has 1 atom stereocenters. The molecule has 21 heavy (non-hydrogen) atoms. The Hall–Kier alpha value is -0.930. The van der Waals surface area contributed by atoms with Gasteiger partial charge in [0.15, 0.2) is 5.96 Å². The second kappa shape index (κ2) is 11.7. The van der Waals surface area contributed by atoms with Crippen LogP contribution in [-0.4, -0.2) is 44.4 Å². The fourth-order valence-electron chi connectivity index (χ4n) is 1.58. The lowest BCUT2D eigenvalue weighted by molar-refractivity contribution is 0.186. The molecule has 1 unspecified atom stereocenters. The fraction of sp³-hybridized carbons (Fsp3) is 0.500. The van der Waals surface area contributed by atoms with Gasteiger partial charge in [0.05, 0.1) is 19.3 Å². The number of aliphatic hydroxyl groups is 1. The smallest absolute Gasteiger partial charge is 0.191 e. The van der Waals surface area contributed by atoms with Crippen LogP contribution in [0.5, 0.6) is 0 Å². The number of aliphatic imine (C=N–C) groups is 1. The van der Waals surface area contributed by atoms with Crippen LogP contribution in [0.3, 0.4) is 0 Å². The van der Waals surface area contributed by atoms with Gasteiger partial charge in [-0.25, -0.2) is 4.39 Å². The molecule has 0 saturated carbocycles. The molecule has 0 aliphatic heterocycles. The molecule has 0 fully saturated rings. The normalized spacial score (nSPS) is 12.5. The van der Waals surface area contributed by atoms with Crippen molar-refractivity contribution in [3.8, 4) is 0 Å². The lowest BCUT2D eigenvalue weighted by Crippen LogP contribution is -2.39. The highest BCUT2D eigenvalue weighted by Gasteiger charge is 2.07. The maximum atomic E-state index is 12.8. The van der Waals surface area contributed by atoms with Crippen LogP contribution in [0.1, 0.15) is 18.6 Å². The monoisotopic (exact) mass is 411 g/mol. The van der Waals surface area contributed by atoms with E-state index in [0.717, 1.165) is 6.54 Å². The Labute approximate surface area is 142 Å². The third-order valence-corrected chi connectivity index (χ3v) is 2.62. The SMILES string of the molecule is CCNC(=NCC(O)c1ccc(F)cc1)NCCOC.I. The van der Waals surface area contributed by atoms with Gasteiger partial charge in [-0.15, -0.1) is 24.0 Å². The Morgan fingerprint density at radius 2 is 2.00 bits per heavy atom. The first kappa shape index (κ1) is 20.1. The summed E-state index contributed by atoms with van der Waals surface area (Å²) in [7, 11) is 1.63. The highest BCUT2D eigenvalue weighted by atomic mass is 127. The average molecular weight is 411 g/mol. The molecule has 1 aromatic carbocycles. The van der Waals surface area contributed by atoms with E-state index >= 15 is 0 Å². The van der Waals surface area contributed by atoms with Gasteiger partial charge in [-0.2, -0.15) is 0 Å². The largest absolute Gasteiger partial charge is 0.386 e. The number of hydrogen-bond acceptors (Lipinski definition) is 3.